The van der Waals surface area contributed by atoms with Crippen LogP contribution in [0.3, 0.4) is 0 Å². The summed E-state index contributed by atoms with van der Waals surface area (Å²) in [6, 6.07) is 4.65. The zero-order valence-electron chi connectivity index (χ0n) is 7.92. The smallest absolute Gasteiger partial charge is 0.339 e. The second kappa shape index (κ2) is 3.61. The van der Waals surface area contributed by atoms with Crippen LogP contribution in [0.25, 0.3) is 0 Å². The molecule has 2 N–H and O–H groups in total. The molecule has 1 aromatic rings. The summed E-state index contributed by atoms with van der Waals surface area (Å²) >= 11 is 0. The number of carboxylic acids is 1. The Hall–Kier alpha value is -2.03. The van der Waals surface area contributed by atoms with E-state index >= 15 is 0 Å². The number of phenols is 1. The average Bonchev–Trinajstić information content (AvgIpc) is 2.71. The first-order chi connectivity index (χ1) is 7.18. The minimum Gasteiger partial charge on any atom is -0.507 e. The van der Waals surface area contributed by atoms with Gasteiger partial charge in [-0.25, -0.2) is 4.79 Å². The first kappa shape index (κ1) is 9.52. The third-order valence-electron chi connectivity index (χ3n) is 2.38. The zero-order chi connectivity index (χ0) is 10.8. The maximum Gasteiger partial charge on any atom is 0.339 e. The molecule has 3 heteroatoms. The molecule has 0 amide bonds. The molecule has 0 radical (unpaired) electrons. The molecule has 0 saturated carbocycles. The van der Waals surface area contributed by atoms with Crippen LogP contribution in [0.1, 0.15) is 21.8 Å². The molecule has 1 aliphatic rings. The first-order valence-corrected chi connectivity index (χ1v) is 4.59. The summed E-state index contributed by atoms with van der Waals surface area (Å²) in [6.45, 7) is 0. The van der Waals surface area contributed by atoms with Crippen molar-refractivity contribution in [1.29, 1.82) is 0 Å². The van der Waals surface area contributed by atoms with Crippen molar-refractivity contribution in [3.63, 3.8) is 0 Å². The Morgan fingerprint density at radius 1 is 1.20 bits per heavy atom. The van der Waals surface area contributed by atoms with Gasteiger partial charge in [-0.2, -0.15) is 0 Å². The molecule has 2 rings (SSSR count). The molecule has 0 aromatic heterocycles. The highest BCUT2D eigenvalue weighted by Gasteiger charge is 2.13. The Balaban J connectivity index is 2.42. The molecule has 0 bridgehead atoms. The van der Waals surface area contributed by atoms with E-state index in [1.165, 1.54) is 12.1 Å². The van der Waals surface area contributed by atoms with Gasteiger partial charge in [0.05, 0.1) is 0 Å². The van der Waals surface area contributed by atoms with Crippen molar-refractivity contribution in [3.8, 4) is 5.75 Å². The molecule has 0 aliphatic heterocycles. The Labute approximate surface area is 87.0 Å². The van der Waals surface area contributed by atoms with Gasteiger partial charge in [0.15, 0.2) is 0 Å². The van der Waals surface area contributed by atoms with Gasteiger partial charge < -0.3 is 10.2 Å². The zero-order valence-corrected chi connectivity index (χ0v) is 7.92. The quantitative estimate of drug-likeness (QED) is 0.773. The van der Waals surface area contributed by atoms with Crippen LogP contribution >= 0.6 is 0 Å². The summed E-state index contributed by atoms with van der Waals surface area (Å²) in [5.41, 5.74) is 0.816. The van der Waals surface area contributed by atoms with Gasteiger partial charge in [-0.3, -0.25) is 0 Å². The van der Waals surface area contributed by atoms with Gasteiger partial charge in [-0.1, -0.05) is 30.4 Å². The second-order valence-electron chi connectivity index (χ2n) is 3.38. The van der Waals surface area contributed by atoms with Crippen molar-refractivity contribution >= 4 is 5.97 Å². The highest BCUT2D eigenvalue weighted by atomic mass is 16.4. The number of aromatic carboxylic acids is 1. The molecular weight excluding hydrogens is 192 g/mol. The molecule has 3 nitrogen and oxygen atoms in total. The van der Waals surface area contributed by atoms with Crippen molar-refractivity contribution in [2.45, 2.75) is 5.92 Å². The standard InChI is InChI=1S/C12H10O3/c13-11-6-5-9(7-10(11)12(14)15)8-3-1-2-4-8/h1-8,13H,(H,14,15). The summed E-state index contributed by atoms with van der Waals surface area (Å²) in [5.74, 6) is -1.19. The van der Waals surface area contributed by atoms with Gasteiger partial charge in [0.25, 0.3) is 0 Å². The number of allylic oxidation sites excluding steroid dienone is 4. The lowest BCUT2D eigenvalue weighted by Gasteiger charge is -2.07. The Kier molecular flexibility index (Phi) is 2.29. The number of hydrogen-bond donors (Lipinski definition) is 2. The topological polar surface area (TPSA) is 57.5 Å². The van der Waals surface area contributed by atoms with Gasteiger partial charge in [0, 0.05) is 5.92 Å². The lowest BCUT2D eigenvalue weighted by Crippen LogP contribution is -1.99. The highest BCUT2D eigenvalue weighted by molar-refractivity contribution is 5.91. The van der Waals surface area contributed by atoms with Gasteiger partial charge >= 0.3 is 5.97 Å². The monoisotopic (exact) mass is 202 g/mol. The van der Waals surface area contributed by atoms with Crippen molar-refractivity contribution in [2.24, 2.45) is 0 Å². The van der Waals surface area contributed by atoms with Crippen LogP contribution in [0.5, 0.6) is 5.75 Å². The van der Waals surface area contributed by atoms with Gasteiger partial charge in [-0.05, 0) is 17.7 Å². The van der Waals surface area contributed by atoms with E-state index in [1.807, 2.05) is 24.3 Å². The maximum atomic E-state index is 10.8. The van der Waals surface area contributed by atoms with Gasteiger partial charge in [0.2, 0.25) is 0 Å². The predicted molar refractivity (Wildman–Crippen MR) is 56.1 cm³/mol. The van der Waals surface area contributed by atoms with Crippen LogP contribution in [0.15, 0.2) is 42.5 Å². The van der Waals surface area contributed by atoms with Crippen LogP contribution in [0.4, 0.5) is 0 Å². The fourth-order valence-electron chi connectivity index (χ4n) is 1.59. The minimum absolute atomic E-state index is 0.0544. The first-order valence-electron chi connectivity index (χ1n) is 4.59. The van der Waals surface area contributed by atoms with Crippen LogP contribution < -0.4 is 0 Å². The summed E-state index contributed by atoms with van der Waals surface area (Å²) < 4.78 is 0. The van der Waals surface area contributed by atoms with Crippen LogP contribution in [-0.2, 0) is 0 Å². The number of rotatable bonds is 2. The number of aromatic hydroxyl groups is 1. The van der Waals surface area contributed by atoms with Crippen LogP contribution in [-0.4, -0.2) is 16.2 Å². The summed E-state index contributed by atoms with van der Waals surface area (Å²) in [7, 11) is 0. The van der Waals surface area contributed by atoms with Gasteiger partial charge in [-0.15, -0.1) is 0 Å². The molecular formula is C12H10O3. The molecule has 0 heterocycles. The number of carboxylic acid groups (broad SMARTS) is 1. The van der Waals surface area contributed by atoms with Crippen LogP contribution in [0, 0.1) is 0 Å². The van der Waals surface area contributed by atoms with Crippen molar-refractivity contribution in [2.75, 3.05) is 0 Å². The third kappa shape index (κ3) is 1.76. The highest BCUT2D eigenvalue weighted by Crippen LogP contribution is 2.27. The summed E-state index contributed by atoms with van der Waals surface area (Å²) in [6.07, 6.45) is 7.77. The fourth-order valence-corrected chi connectivity index (χ4v) is 1.59. The molecule has 76 valence electrons. The van der Waals surface area contributed by atoms with Crippen molar-refractivity contribution < 1.29 is 15.0 Å². The molecule has 0 saturated heterocycles. The molecule has 1 aliphatic carbocycles. The largest absolute Gasteiger partial charge is 0.507 e. The van der Waals surface area contributed by atoms with Crippen molar-refractivity contribution in [1.82, 2.24) is 0 Å². The Bertz CT molecular complexity index is 446. The molecule has 0 spiro atoms. The average molecular weight is 202 g/mol. The maximum absolute atomic E-state index is 10.8. The van der Waals surface area contributed by atoms with Crippen LogP contribution in [0.2, 0.25) is 0 Å². The Morgan fingerprint density at radius 3 is 2.47 bits per heavy atom. The number of hydrogen-bond acceptors (Lipinski definition) is 2. The third-order valence-corrected chi connectivity index (χ3v) is 2.38. The minimum atomic E-state index is -1.11. The molecule has 0 unspecified atom stereocenters. The fraction of sp³-hybridized carbons (Fsp3) is 0.0833. The second-order valence-corrected chi connectivity index (χ2v) is 3.38. The lowest BCUT2D eigenvalue weighted by molar-refractivity contribution is 0.0693. The number of benzene rings is 1. The molecule has 1 aromatic carbocycles. The van der Waals surface area contributed by atoms with Crippen molar-refractivity contribution in [3.05, 3.63) is 53.6 Å². The lowest BCUT2D eigenvalue weighted by atomic mass is 9.98. The van der Waals surface area contributed by atoms with E-state index < -0.39 is 5.97 Å². The summed E-state index contributed by atoms with van der Waals surface area (Å²) in [5, 5.41) is 18.2. The van der Waals surface area contributed by atoms with E-state index in [0.29, 0.717) is 0 Å². The van der Waals surface area contributed by atoms with E-state index in [0.717, 1.165) is 5.56 Å². The van der Waals surface area contributed by atoms with E-state index in [1.54, 1.807) is 6.07 Å². The van der Waals surface area contributed by atoms with E-state index in [-0.39, 0.29) is 17.2 Å². The SMILES string of the molecule is O=C(O)c1cc(C2C=CC=C2)ccc1O. The number of carbonyl (C=O) groups is 1. The predicted octanol–water partition coefficient (Wildman–Crippen LogP) is 2.30. The van der Waals surface area contributed by atoms with E-state index in [2.05, 4.69) is 0 Å². The van der Waals surface area contributed by atoms with Gasteiger partial charge in [0.1, 0.15) is 11.3 Å². The van der Waals surface area contributed by atoms with E-state index in [4.69, 9.17) is 5.11 Å². The molecule has 0 fully saturated rings. The normalized spacial score (nSPS) is 14.7. The molecule has 0 atom stereocenters. The van der Waals surface area contributed by atoms with E-state index in [9.17, 15) is 9.90 Å². The molecule has 15 heavy (non-hydrogen) atoms. The summed E-state index contributed by atoms with van der Waals surface area (Å²) in [4.78, 5) is 10.8. The Morgan fingerprint density at radius 2 is 1.87 bits per heavy atom.